The molecule has 1 N–H and O–H groups in total. The second-order valence-corrected chi connectivity index (χ2v) is 7.91. The third kappa shape index (κ3) is 3.23. The number of rotatable bonds is 6. The molecule has 0 saturated carbocycles. The lowest BCUT2D eigenvalue weighted by atomic mass is 10.3. The predicted octanol–water partition coefficient (Wildman–Crippen LogP) is -0.435. The first-order valence-electron chi connectivity index (χ1n) is 3.86. The highest BCUT2D eigenvalue weighted by Crippen LogP contribution is 2.49. The minimum Gasteiger partial charge on any atom is -0.768 e. The summed E-state index contributed by atoms with van der Waals surface area (Å²) >= 11 is -5.10. The molecular formula is C4H4F6NO6S3-. The molecule has 1 atom stereocenters. The second kappa shape index (κ2) is 5.08. The van der Waals surface area contributed by atoms with Crippen molar-refractivity contribution >= 4 is 31.1 Å². The quantitative estimate of drug-likeness (QED) is 0.499. The van der Waals surface area contributed by atoms with Crippen molar-refractivity contribution in [3.8, 4) is 0 Å². The Morgan fingerprint density at radius 2 is 1.35 bits per heavy atom. The Hall–Kier alpha value is -0.450. The minimum absolute atomic E-state index is 0.0330. The summed E-state index contributed by atoms with van der Waals surface area (Å²) in [5.74, 6) is -6.93. The van der Waals surface area contributed by atoms with Crippen LogP contribution in [0.25, 0.3) is 0 Å². The van der Waals surface area contributed by atoms with Gasteiger partial charge in [0.25, 0.3) is 10.0 Å². The molecule has 0 spiro atoms. The Kier molecular flexibility index (Phi) is 4.96. The van der Waals surface area contributed by atoms with Gasteiger partial charge in [-0.3, -0.25) is 4.21 Å². The summed E-state index contributed by atoms with van der Waals surface area (Å²) in [5, 5.41) is -13.2. The van der Waals surface area contributed by atoms with E-state index in [1.54, 1.807) is 0 Å². The lowest BCUT2D eigenvalue weighted by molar-refractivity contribution is -0.244. The highest BCUT2D eigenvalue weighted by Gasteiger charge is 2.78. The molecule has 0 aliphatic heterocycles. The van der Waals surface area contributed by atoms with Gasteiger partial charge >= 0.3 is 16.4 Å². The maximum atomic E-state index is 12.9. The maximum Gasteiger partial charge on any atom is 0.428 e. The second-order valence-electron chi connectivity index (χ2n) is 3.20. The zero-order valence-electron chi connectivity index (χ0n) is 8.94. The molecule has 16 heteroatoms. The molecule has 7 nitrogen and oxygen atoms in total. The summed E-state index contributed by atoms with van der Waals surface area (Å²) < 4.78 is 138. The molecule has 0 rings (SSSR count). The van der Waals surface area contributed by atoms with Gasteiger partial charge in [-0.1, -0.05) is 0 Å². The molecule has 0 aliphatic rings. The molecule has 0 saturated heterocycles. The molecule has 0 radical (unpaired) electrons. The van der Waals surface area contributed by atoms with Crippen LogP contribution in [-0.4, -0.2) is 48.3 Å². The summed E-state index contributed by atoms with van der Waals surface area (Å²) in [6.07, 6.45) is -0.0390. The van der Waals surface area contributed by atoms with Crippen LogP contribution < -0.4 is 4.13 Å². The van der Waals surface area contributed by atoms with Gasteiger partial charge < -0.3 is 4.55 Å². The summed E-state index contributed by atoms with van der Waals surface area (Å²) in [4.78, 5) is 0. The molecule has 0 aromatic carbocycles. The minimum atomic E-state index is -6.93. The van der Waals surface area contributed by atoms with Gasteiger partial charge in [0.1, 0.15) is 0 Å². The molecule has 0 heterocycles. The summed E-state index contributed by atoms with van der Waals surface area (Å²) in [6, 6.07) is 0. The van der Waals surface area contributed by atoms with Crippen LogP contribution in [0.4, 0.5) is 26.3 Å². The SMILES string of the molecule is CS(=O)(=O)NS(=O)(=O)C(F)(F)C(F)(F)C(F)(F)S(=O)[O-]. The van der Waals surface area contributed by atoms with Crippen LogP contribution in [0.3, 0.4) is 0 Å². The monoisotopic (exact) mass is 372 g/mol. The molecule has 122 valence electrons. The van der Waals surface area contributed by atoms with Crippen LogP contribution in [0.5, 0.6) is 0 Å². The van der Waals surface area contributed by atoms with Gasteiger partial charge in [0, 0.05) is 11.1 Å². The average molecular weight is 372 g/mol. The van der Waals surface area contributed by atoms with Crippen LogP contribution in [-0.2, 0) is 31.1 Å². The molecule has 0 aliphatic carbocycles. The third-order valence-corrected chi connectivity index (χ3v) is 5.23. The maximum absolute atomic E-state index is 12.9. The van der Waals surface area contributed by atoms with Crippen molar-refractivity contribution in [3.63, 3.8) is 0 Å². The number of halogens is 6. The van der Waals surface area contributed by atoms with E-state index in [0.717, 1.165) is 0 Å². The predicted molar refractivity (Wildman–Crippen MR) is 50.7 cm³/mol. The van der Waals surface area contributed by atoms with Crippen LogP contribution in [0, 0.1) is 0 Å². The average Bonchev–Trinajstić information content (AvgIpc) is 2.12. The lowest BCUT2D eigenvalue weighted by Gasteiger charge is -2.32. The first kappa shape index (κ1) is 19.6. The topological polar surface area (TPSA) is 120 Å². The normalized spacial score (nSPS) is 17.0. The number of alkyl halides is 6. The van der Waals surface area contributed by atoms with E-state index < -0.39 is 47.6 Å². The zero-order valence-corrected chi connectivity index (χ0v) is 11.4. The van der Waals surface area contributed by atoms with Crippen molar-refractivity contribution in [3.05, 3.63) is 0 Å². The number of hydrogen-bond donors (Lipinski definition) is 1. The zero-order chi connectivity index (χ0) is 16.8. The first-order valence-corrected chi connectivity index (χ1v) is 8.31. The largest absolute Gasteiger partial charge is 0.768 e. The fourth-order valence-corrected chi connectivity index (χ4v) is 3.58. The van der Waals surface area contributed by atoms with E-state index >= 15 is 0 Å². The molecule has 20 heavy (non-hydrogen) atoms. The Bertz CT molecular complexity index is 611. The molecule has 1 unspecified atom stereocenters. The van der Waals surface area contributed by atoms with Crippen molar-refractivity contribution in [1.29, 1.82) is 0 Å². The highest BCUT2D eigenvalue weighted by atomic mass is 32.3. The molecule has 0 amide bonds. The van der Waals surface area contributed by atoms with E-state index in [-0.39, 0.29) is 10.4 Å². The summed E-state index contributed by atoms with van der Waals surface area (Å²) in [5.41, 5.74) is 0. The van der Waals surface area contributed by atoms with Gasteiger partial charge in [-0.15, -0.1) is 4.13 Å². The van der Waals surface area contributed by atoms with Crippen molar-refractivity contribution in [1.82, 2.24) is 4.13 Å². The standard InChI is InChI=1S/C4H5F6NO6S3/c1-19(14,15)11-20(16,17)4(9,10)2(5,6)3(7,8)18(12)13/h11H,1H3,(H,12,13)/p-1. The molecule has 0 fully saturated rings. The van der Waals surface area contributed by atoms with E-state index in [4.69, 9.17) is 0 Å². The van der Waals surface area contributed by atoms with Crippen molar-refractivity contribution in [2.24, 2.45) is 0 Å². The number of nitrogens with one attached hydrogen (secondary N) is 1. The fourth-order valence-electron chi connectivity index (χ4n) is 0.694. The van der Waals surface area contributed by atoms with Gasteiger partial charge in [-0.2, -0.15) is 26.3 Å². The van der Waals surface area contributed by atoms with Crippen LogP contribution in [0.15, 0.2) is 0 Å². The molecule has 0 bridgehead atoms. The van der Waals surface area contributed by atoms with E-state index in [1.807, 2.05) is 0 Å². The van der Waals surface area contributed by atoms with E-state index in [0.29, 0.717) is 0 Å². The first-order chi connectivity index (χ1) is 8.40. The number of sulfonamides is 2. The Balaban J connectivity index is 6.06. The van der Waals surface area contributed by atoms with Crippen LogP contribution in [0.1, 0.15) is 0 Å². The molecule has 0 aromatic rings. The van der Waals surface area contributed by atoms with E-state index in [1.165, 1.54) is 0 Å². The summed E-state index contributed by atoms with van der Waals surface area (Å²) in [6.45, 7) is 0. The smallest absolute Gasteiger partial charge is 0.428 e. The van der Waals surface area contributed by atoms with Crippen LogP contribution >= 0.6 is 0 Å². The van der Waals surface area contributed by atoms with Crippen molar-refractivity contribution in [2.45, 2.75) is 16.4 Å². The van der Waals surface area contributed by atoms with Gasteiger partial charge in [0.05, 0.1) is 6.26 Å². The van der Waals surface area contributed by atoms with E-state index in [2.05, 4.69) is 0 Å². The van der Waals surface area contributed by atoms with Gasteiger partial charge in [0.2, 0.25) is 10.0 Å². The van der Waals surface area contributed by atoms with Crippen molar-refractivity contribution in [2.75, 3.05) is 6.26 Å². The van der Waals surface area contributed by atoms with E-state index in [9.17, 15) is 51.9 Å². The third-order valence-electron chi connectivity index (χ3n) is 1.54. The van der Waals surface area contributed by atoms with Gasteiger partial charge in [0.15, 0.2) is 0 Å². The highest BCUT2D eigenvalue weighted by molar-refractivity contribution is 8.04. The molecular weight excluding hydrogens is 368 g/mol. The molecule has 0 aromatic heterocycles. The Morgan fingerprint density at radius 3 is 1.60 bits per heavy atom. The van der Waals surface area contributed by atoms with Gasteiger partial charge in [-0.25, -0.2) is 16.8 Å². The van der Waals surface area contributed by atoms with Gasteiger partial charge in [-0.05, 0) is 0 Å². The Labute approximate surface area is 110 Å². The fraction of sp³-hybridized carbons (Fsp3) is 1.00. The summed E-state index contributed by atoms with van der Waals surface area (Å²) in [7, 11) is -11.9. The van der Waals surface area contributed by atoms with Crippen molar-refractivity contribution < 1.29 is 51.9 Å². The Morgan fingerprint density at radius 1 is 1.00 bits per heavy atom. The van der Waals surface area contributed by atoms with Crippen LogP contribution in [0.2, 0.25) is 0 Å². The number of hydrogen-bond acceptors (Lipinski definition) is 6. The lowest BCUT2D eigenvalue weighted by Crippen LogP contribution is -2.62.